The van der Waals surface area contributed by atoms with Gasteiger partial charge in [0.15, 0.2) is 5.82 Å². The van der Waals surface area contributed by atoms with Crippen LogP contribution in [0.2, 0.25) is 0 Å². The Bertz CT molecular complexity index is 847. The minimum absolute atomic E-state index is 0.0962. The van der Waals surface area contributed by atoms with Crippen molar-refractivity contribution in [2.75, 3.05) is 5.32 Å². The highest BCUT2D eigenvalue weighted by atomic mass is 19.1. The Hall–Kier alpha value is -3.09. The summed E-state index contributed by atoms with van der Waals surface area (Å²) in [5.41, 5.74) is 0.735. The number of pyridine rings is 1. The van der Waals surface area contributed by atoms with Crippen LogP contribution >= 0.6 is 0 Å². The van der Waals surface area contributed by atoms with Crippen LogP contribution in [0.4, 0.5) is 14.6 Å². The van der Waals surface area contributed by atoms with Gasteiger partial charge in [0.05, 0.1) is 24.5 Å². The summed E-state index contributed by atoms with van der Waals surface area (Å²) in [4.78, 5) is 15.7. The Labute approximate surface area is 130 Å². The molecule has 7 heteroatoms. The summed E-state index contributed by atoms with van der Waals surface area (Å²) in [6.07, 6.45) is 4.00. The van der Waals surface area contributed by atoms with Crippen LogP contribution in [-0.2, 0) is 11.2 Å². The van der Waals surface area contributed by atoms with Gasteiger partial charge in [-0.2, -0.15) is 5.10 Å². The van der Waals surface area contributed by atoms with E-state index in [1.165, 1.54) is 23.0 Å². The first-order valence-corrected chi connectivity index (χ1v) is 6.82. The van der Waals surface area contributed by atoms with Crippen molar-refractivity contribution < 1.29 is 13.6 Å². The van der Waals surface area contributed by atoms with Crippen molar-refractivity contribution in [3.63, 3.8) is 0 Å². The molecule has 1 N–H and O–H groups in total. The molecule has 0 unspecified atom stereocenters. The number of nitrogens with one attached hydrogen (secondary N) is 1. The number of amides is 1. The Balaban J connectivity index is 1.69. The van der Waals surface area contributed by atoms with Gasteiger partial charge in [-0.1, -0.05) is 18.2 Å². The fraction of sp³-hybridized carbons (Fsp3) is 0.0625. The number of aromatic nitrogens is 3. The van der Waals surface area contributed by atoms with Crippen LogP contribution in [0.15, 0.2) is 55.0 Å². The monoisotopic (exact) mass is 314 g/mol. The van der Waals surface area contributed by atoms with E-state index in [1.807, 2.05) is 0 Å². The first-order chi connectivity index (χ1) is 11.1. The molecule has 116 valence electrons. The van der Waals surface area contributed by atoms with Crippen LogP contribution in [-0.4, -0.2) is 20.7 Å². The molecule has 1 amide bonds. The van der Waals surface area contributed by atoms with E-state index in [0.29, 0.717) is 11.3 Å². The number of halogens is 2. The predicted octanol–water partition coefficient (Wildman–Crippen LogP) is 2.73. The van der Waals surface area contributed by atoms with Crippen LogP contribution in [0.1, 0.15) is 5.56 Å². The van der Waals surface area contributed by atoms with Crippen molar-refractivity contribution in [3.8, 4) is 5.69 Å². The van der Waals surface area contributed by atoms with Crippen LogP contribution in [0.25, 0.3) is 5.69 Å². The molecule has 0 saturated heterocycles. The summed E-state index contributed by atoms with van der Waals surface area (Å²) in [6.45, 7) is 0. The second kappa shape index (κ2) is 6.35. The Morgan fingerprint density at radius 1 is 1.17 bits per heavy atom. The van der Waals surface area contributed by atoms with Crippen molar-refractivity contribution in [1.29, 1.82) is 0 Å². The number of anilines is 1. The number of benzene rings is 1. The van der Waals surface area contributed by atoms with Gasteiger partial charge in [0.25, 0.3) is 0 Å². The summed E-state index contributed by atoms with van der Waals surface area (Å²) in [7, 11) is 0. The molecular formula is C16H12F2N4O. The molecule has 0 aliphatic heterocycles. The first-order valence-electron chi connectivity index (χ1n) is 6.82. The molecule has 0 atom stereocenters. The first kappa shape index (κ1) is 14.8. The molecule has 23 heavy (non-hydrogen) atoms. The van der Waals surface area contributed by atoms with Crippen molar-refractivity contribution in [1.82, 2.24) is 14.8 Å². The Morgan fingerprint density at radius 2 is 2.00 bits per heavy atom. The van der Waals surface area contributed by atoms with Gasteiger partial charge in [-0.25, -0.2) is 13.5 Å². The van der Waals surface area contributed by atoms with E-state index in [-0.39, 0.29) is 12.2 Å². The van der Waals surface area contributed by atoms with E-state index < -0.39 is 17.5 Å². The standard InChI is InChI=1S/C16H12F2N4O/c17-12-8-13(10-19-9-12)22-6-5-15(21-22)20-16(23)7-11-3-1-2-4-14(11)18/h1-6,8-10H,7H2,(H,20,21,23). The van der Waals surface area contributed by atoms with E-state index in [4.69, 9.17) is 0 Å². The van der Waals surface area contributed by atoms with Crippen LogP contribution < -0.4 is 5.32 Å². The van der Waals surface area contributed by atoms with Crippen molar-refractivity contribution in [3.05, 3.63) is 72.2 Å². The Morgan fingerprint density at radius 3 is 2.78 bits per heavy atom. The maximum Gasteiger partial charge on any atom is 0.230 e. The fourth-order valence-corrected chi connectivity index (χ4v) is 2.06. The molecule has 0 aliphatic carbocycles. The summed E-state index contributed by atoms with van der Waals surface area (Å²) in [5, 5.41) is 6.68. The minimum atomic E-state index is -0.483. The van der Waals surface area contributed by atoms with Gasteiger partial charge in [-0.05, 0) is 11.6 Å². The topological polar surface area (TPSA) is 59.8 Å². The van der Waals surface area contributed by atoms with Crippen molar-refractivity contribution in [2.45, 2.75) is 6.42 Å². The summed E-state index contributed by atoms with van der Waals surface area (Å²) >= 11 is 0. The average Bonchev–Trinajstić information content (AvgIpc) is 2.98. The number of hydrogen-bond acceptors (Lipinski definition) is 3. The van der Waals surface area contributed by atoms with Crippen molar-refractivity contribution in [2.24, 2.45) is 0 Å². The number of hydrogen-bond donors (Lipinski definition) is 1. The lowest BCUT2D eigenvalue weighted by atomic mass is 10.1. The van der Waals surface area contributed by atoms with Gasteiger partial charge >= 0.3 is 0 Å². The number of rotatable bonds is 4. The lowest BCUT2D eigenvalue weighted by molar-refractivity contribution is -0.115. The highest BCUT2D eigenvalue weighted by Crippen LogP contribution is 2.12. The molecule has 0 fully saturated rings. The molecule has 0 bridgehead atoms. The van der Waals surface area contributed by atoms with Gasteiger partial charge < -0.3 is 5.32 Å². The third-order valence-electron chi connectivity index (χ3n) is 3.12. The van der Waals surface area contributed by atoms with Gasteiger partial charge in [0.2, 0.25) is 5.91 Å². The largest absolute Gasteiger partial charge is 0.309 e. The lowest BCUT2D eigenvalue weighted by Crippen LogP contribution is -2.15. The van der Waals surface area contributed by atoms with Gasteiger partial charge in [0.1, 0.15) is 11.6 Å². The number of carbonyl (C=O) groups excluding carboxylic acids is 1. The van der Waals surface area contributed by atoms with Crippen LogP contribution in [0.5, 0.6) is 0 Å². The normalized spacial score (nSPS) is 10.5. The second-order valence-electron chi connectivity index (χ2n) is 4.82. The summed E-state index contributed by atoms with van der Waals surface area (Å²) in [5.74, 6) is -1.02. The van der Waals surface area contributed by atoms with E-state index >= 15 is 0 Å². The predicted molar refractivity (Wildman–Crippen MR) is 80.1 cm³/mol. The third kappa shape index (κ3) is 3.57. The van der Waals surface area contributed by atoms with E-state index in [9.17, 15) is 13.6 Å². The molecule has 0 aliphatic rings. The highest BCUT2D eigenvalue weighted by molar-refractivity contribution is 5.91. The lowest BCUT2D eigenvalue weighted by Gasteiger charge is -2.04. The maximum absolute atomic E-state index is 13.5. The molecule has 2 heterocycles. The van der Waals surface area contributed by atoms with Gasteiger partial charge in [-0.15, -0.1) is 0 Å². The zero-order valence-corrected chi connectivity index (χ0v) is 11.9. The molecule has 1 aromatic carbocycles. The molecule has 0 radical (unpaired) electrons. The number of nitrogens with zero attached hydrogens (tertiary/aromatic N) is 3. The van der Waals surface area contributed by atoms with Crippen LogP contribution in [0, 0.1) is 11.6 Å². The van der Waals surface area contributed by atoms with Gasteiger partial charge in [-0.3, -0.25) is 9.78 Å². The zero-order valence-electron chi connectivity index (χ0n) is 11.9. The maximum atomic E-state index is 13.5. The molecule has 5 nitrogen and oxygen atoms in total. The summed E-state index contributed by atoms with van der Waals surface area (Å²) < 4.78 is 28.0. The molecule has 3 rings (SSSR count). The fourth-order valence-electron chi connectivity index (χ4n) is 2.06. The molecule has 2 aromatic heterocycles. The number of carbonyl (C=O) groups is 1. The van der Waals surface area contributed by atoms with Crippen molar-refractivity contribution >= 4 is 11.7 Å². The van der Waals surface area contributed by atoms with E-state index in [0.717, 1.165) is 6.20 Å². The quantitative estimate of drug-likeness (QED) is 0.805. The average molecular weight is 314 g/mol. The molecule has 0 spiro atoms. The highest BCUT2D eigenvalue weighted by Gasteiger charge is 2.10. The molecule has 0 saturated carbocycles. The van der Waals surface area contributed by atoms with Gasteiger partial charge in [0, 0.05) is 18.3 Å². The van der Waals surface area contributed by atoms with E-state index in [2.05, 4.69) is 15.4 Å². The van der Waals surface area contributed by atoms with E-state index in [1.54, 1.807) is 30.5 Å². The minimum Gasteiger partial charge on any atom is -0.309 e. The second-order valence-corrected chi connectivity index (χ2v) is 4.82. The smallest absolute Gasteiger partial charge is 0.230 e. The zero-order chi connectivity index (χ0) is 16.2. The SMILES string of the molecule is O=C(Cc1ccccc1F)Nc1ccn(-c2cncc(F)c2)n1. The molecule has 3 aromatic rings. The molecular weight excluding hydrogens is 302 g/mol. The van der Waals surface area contributed by atoms with Crippen LogP contribution in [0.3, 0.4) is 0 Å². The Kier molecular flexibility index (Phi) is 4.09. The third-order valence-corrected chi connectivity index (χ3v) is 3.12. The summed E-state index contributed by atoms with van der Waals surface area (Å²) in [6, 6.07) is 8.90.